The molecule has 0 aliphatic carbocycles. The van der Waals surface area contributed by atoms with Crippen LogP contribution in [0.2, 0.25) is 0 Å². The van der Waals surface area contributed by atoms with Gasteiger partial charge in [-0.2, -0.15) is 0 Å². The third-order valence-corrected chi connectivity index (χ3v) is 9.89. The van der Waals surface area contributed by atoms with Gasteiger partial charge in [-0.05, 0) is 98.8 Å². The average Bonchev–Trinajstić information content (AvgIpc) is 3.31. The van der Waals surface area contributed by atoms with Crippen molar-refractivity contribution in [2.45, 2.75) is 63.0 Å². The minimum atomic E-state index is 0.247. The van der Waals surface area contributed by atoms with Crippen molar-refractivity contribution >= 4 is 27.5 Å². The lowest BCUT2D eigenvalue weighted by atomic mass is 10.1. The number of nitrogens with zero attached hydrogens (tertiary/aromatic N) is 4. The molecule has 1 atom stereocenters. The molecular formula is C25H51N5OS2. The second-order valence-corrected chi connectivity index (χ2v) is 12.9. The number of amides is 1. The smallest absolute Gasteiger partial charge is 0.219 e. The van der Waals surface area contributed by atoms with Crippen LogP contribution in [0.15, 0.2) is 0 Å². The fraction of sp³-hybridized carbons (Fsp3) is 0.960. The van der Waals surface area contributed by atoms with Crippen LogP contribution in [0.4, 0.5) is 0 Å². The molecule has 6 nitrogen and oxygen atoms in total. The van der Waals surface area contributed by atoms with Gasteiger partial charge in [0.25, 0.3) is 0 Å². The first-order valence-electron chi connectivity index (χ1n) is 13.4. The molecular weight excluding hydrogens is 450 g/mol. The molecule has 1 amide bonds. The fourth-order valence-electron chi connectivity index (χ4n) is 4.50. The molecule has 0 saturated carbocycles. The van der Waals surface area contributed by atoms with Crippen LogP contribution in [0, 0.1) is 0 Å². The van der Waals surface area contributed by atoms with E-state index in [4.69, 9.17) is 0 Å². The van der Waals surface area contributed by atoms with Crippen LogP contribution in [0.25, 0.3) is 0 Å². The van der Waals surface area contributed by atoms with Crippen molar-refractivity contribution in [2.75, 3.05) is 92.3 Å². The van der Waals surface area contributed by atoms with E-state index in [1.807, 2.05) is 21.6 Å². The zero-order valence-corrected chi connectivity index (χ0v) is 23.4. The first-order chi connectivity index (χ1) is 16.0. The maximum Gasteiger partial charge on any atom is 0.219 e. The van der Waals surface area contributed by atoms with E-state index in [-0.39, 0.29) is 5.91 Å². The summed E-state index contributed by atoms with van der Waals surface area (Å²) in [4.78, 5) is 22.2. The summed E-state index contributed by atoms with van der Waals surface area (Å²) in [7, 11) is 10.8. The van der Waals surface area contributed by atoms with Gasteiger partial charge in [0.05, 0.1) is 0 Å². The van der Waals surface area contributed by atoms with Gasteiger partial charge in [0.2, 0.25) is 5.91 Å². The van der Waals surface area contributed by atoms with E-state index in [0.717, 1.165) is 57.4 Å². The van der Waals surface area contributed by atoms with Crippen LogP contribution in [0.3, 0.4) is 0 Å². The SMILES string of the molecule is CN1CCCN(C)CCN(CCCCNC(=O)CCCCC2CCSS2)CCCN(C)CC1. The first-order valence-corrected chi connectivity index (χ1v) is 15.7. The molecule has 0 aromatic rings. The summed E-state index contributed by atoms with van der Waals surface area (Å²) in [5, 5.41) is 3.98. The molecule has 2 heterocycles. The average molecular weight is 502 g/mol. The predicted molar refractivity (Wildman–Crippen MR) is 147 cm³/mol. The second-order valence-electron chi connectivity index (χ2n) is 10.1. The van der Waals surface area contributed by atoms with Crippen LogP contribution in [-0.2, 0) is 4.79 Å². The van der Waals surface area contributed by atoms with Gasteiger partial charge in [-0.25, -0.2) is 0 Å². The van der Waals surface area contributed by atoms with Gasteiger partial charge < -0.3 is 24.9 Å². The zero-order chi connectivity index (χ0) is 23.7. The molecule has 0 aromatic heterocycles. The molecule has 1 N–H and O–H groups in total. The number of carbonyl (C=O) groups is 1. The van der Waals surface area contributed by atoms with E-state index >= 15 is 0 Å². The van der Waals surface area contributed by atoms with Gasteiger partial charge in [0.15, 0.2) is 0 Å². The Morgan fingerprint density at radius 1 is 0.818 bits per heavy atom. The third kappa shape index (κ3) is 14.9. The lowest BCUT2D eigenvalue weighted by Crippen LogP contribution is -2.39. The number of carbonyl (C=O) groups excluding carboxylic acids is 1. The maximum atomic E-state index is 12.1. The quantitative estimate of drug-likeness (QED) is 0.363. The molecule has 2 aliphatic rings. The van der Waals surface area contributed by atoms with Gasteiger partial charge in [0, 0.05) is 50.1 Å². The molecule has 0 radical (unpaired) electrons. The monoisotopic (exact) mass is 501 g/mol. The number of rotatable bonds is 10. The van der Waals surface area contributed by atoms with Crippen LogP contribution in [0.1, 0.15) is 57.8 Å². The van der Waals surface area contributed by atoms with Crippen LogP contribution < -0.4 is 5.32 Å². The highest BCUT2D eigenvalue weighted by Crippen LogP contribution is 2.39. The predicted octanol–water partition coefficient (Wildman–Crippen LogP) is 3.49. The number of hydrogen-bond donors (Lipinski definition) is 1. The van der Waals surface area contributed by atoms with Gasteiger partial charge in [-0.1, -0.05) is 28.0 Å². The summed E-state index contributed by atoms with van der Waals surface area (Å²) in [6.07, 6.45) is 10.3. The lowest BCUT2D eigenvalue weighted by molar-refractivity contribution is -0.121. The maximum absolute atomic E-state index is 12.1. The van der Waals surface area contributed by atoms with Gasteiger partial charge in [-0.3, -0.25) is 4.79 Å². The Morgan fingerprint density at radius 2 is 1.48 bits per heavy atom. The van der Waals surface area contributed by atoms with E-state index in [9.17, 15) is 4.79 Å². The Hall–Kier alpha value is 0.01000. The van der Waals surface area contributed by atoms with E-state index in [0.29, 0.717) is 6.42 Å². The summed E-state index contributed by atoms with van der Waals surface area (Å²) in [5.41, 5.74) is 0. The number of nitrogens with one attached hydrogen (secondary N) is 1. The van der Waals surface area contributed by atoms with Crippen molar-refractivity contribution < 1.29 is 4.79 Å². The molecule has 2 aliphatic heterocycles. The van der Waals surface area contributed by atoms with E-state index in [1.165, 1.54) is 70.5 Å². The minimum Gasteiger partial charge on any atom is -0.356 e. The van der Waals surface area contributed by atoms with E-state index < -0.39 is 0 Å². The van der Waals surface area contributed by atoms with Crippen LogP contribution in [0.5, 0.6) is 0 Å². The Balaban J connectivity index is 1.56. The molecule has 1 unspecified atom stereocenters. The summed E-state index contributed by atoms with van der Waals surface area (Å²) >= 11 is 0. The van der Waals surface area contributed by atoms with Crippen molar-refractivity contribution in [3.8, 4) is 0 Å². The topological polar surface area (TPSA) is 42.1 Å². The first kappa shape index (κ1) is 29.2. The summed E-state index contributed by atoms with van der Waals surface area (Å²) in [6.45, 7) is 11.3. The van der Waals surface area contributed by atoms with Crippen molar-refractivity contribution in [2.24, 2.45) is 0 Å². The normalized spacial score (nSPS) is 24.0. The van der Waals surface area contributed by atoms with E-state index in [2.05, 4.69) is 46.1 Å². The number of hydrogen-bond acceptors (Lipinski definition) is 7. The molecule has 0 aromatic carbocycles. The van der Waals surface area contributed by atoms with Crippen molar-refractivity contribution in [3.05, 3.63) is 0 Å². The van der Waals surface area contributed by atoms with E-state index in [1.54, 1.807) is 0 Å². The highest BCUT2D eigenvalue weighted by Gasteiger charge is 2.16. The lowest BCUT2D eigenvalue weighted by Gasteiger charge is -2.28. The van der Waals surface area contributed by atoms with Crippen molar-refractivity contribution in [1.29, 1.82) is 0 Å². The highest BCUT2D eigenvalue weighted by atomic mass is 33.1. The van der Waals surface area contributed by atoms with Crippen molar-refractivity contribution in [3.63, 3.8) is 0 Å². The molecule has 2 saturated heterocycles. The zero-order valence-electron chi connectivity index (χ0n) is 21.7. The third-order valence-electron chi connectivity index (χ3n) is 6.89. The largest absolute Gasteiger partial charge is 0.356 e. The Bertz CT molecular complexity index is 507. The van der Waals surface area contributed by atoms with Crippen LogP contribution in [-0.4, -0.2) is 123 Å². The van der Waals surface area contributed by atoms with Crippen LogP contribution >= 0.6 is 21.6 Å². The summed E-state index contributed by atoms with van der Waals surface area (Å²) in [6, 6.07) is 0. The standard InChI is InChI=1S/C25H51N5OS2/c1-27-14-8-15-29(3)21-22-30(18-9-16-28(2)20-19-27)17-7-6-13-26-25(31)11-5-4-10-24-12-23-32-33-24/h24H,4-23H2,1-3H3,(H,26,31). The second kappa shape index (κ2) is 18.3. The molecule has 194 valence electrons. The molecule has 33 heavy (non-hydrogen) atoms. The summed E-state index contributed by atoms with van der Waals surface area (Å²) < 4.78 is 0. The van der Waals surface area contributed by atoms with Gasteiger partial charge in [0.1, 0.15) is 0 Å². The molecule has 2 rings (SSSR count). The molecule has 0 bridgehead atoms. The number of likely N-dealkylation sites (N-methyl/N-ethyl adjacent to an activating group) is 3. The Kier molecular flexibility index (Phi) is 16.2. The molecule has 8 heteroatoms. The summed E-state index contributed by atoms with van der Waals surface area (Å²) in [5.74, 6) is 1.55. The Morgan fingerprint density at radius 3 is 2.15 bits per heavy atom. The van der Waals surface area contributed by atoms with Gasteiger partial charge in [-0.15, -0.1) is 0 Å². The molecule has 0 spiro atoms. The van der Waals surface area contributed by atoms with Gasteiger partial charge >= 0.3 is 0 Å². The highest BCUT2D eigenvalue weighted by molar-refractivity contribution is 8.77. The fourth-order valence-corrected chi connectivity index (χ4v) is 7.53. The molecule has 2 fully saturated rings. The minimum absolute atomic E-state index is 0.247. The van der Waals surface area contributed by atoms with Crippen molar-refractivity contribution in [1.82, 2.24) is 24.9 Å². The Labute approximate surface area is 212 Å². The number of unbranched alkanes of at least 4 members (excludes halogenated alkanes) is 2.